The number of sulfonamides is 1. The van der Waals surface area contributed by atoms with Crippen molar-refractivity contribution in [1.29, 1.82) is 0 Å². The van der Waals surface area contributed by atoms with Crippen LogP contribution in [-0.4, -0.2) is 42.9 Å². The van der Waals surface area contributed by atoms with E-state index in [9.17, 15) is 13.2 Å². The second kappa shape index (κ2) is 11.2. The third-order valence-electron chi connectivity index (χ3n) is 4.41. The van der Waals surface area contributed by atoms with E-state index in [1.807, 2.05) is 30.3 Å². The van der Waals surface area contributed by atoms with E-state index in [0.29, 0.717) is 12.0 Å². The van der Waals surface area contributed by atoms with Crippen molar-refractivity contribution in [3.63, 3.8) is 0 Å². The zero-order valence-corrected chi connectivity index (χ0v) is 19.2. The lowest BCUT2D eigenvalue weighted by atomic mass is 10.1. The lowest BCUT2D eigenvalue weighted by molar-refractivity contribution is -0.121. The SMILES string of the molecule is O=C(CN(CCc1ccccc1)S(=O)(=O)c1cc(Cl)ccc1Cl)N/N=C\c1cccnc1. The van der Waals surface area contributed by atoms with E-state index in [1.54, 1.807) is 24.5 Å². The molecule has 0 aliphatic carbocycles. The van der Waals surface area contributed by atoms with Crippen LogP contribution in [0.1, 0.15) is 11.1 Å². The Morgan fingerprint density at radius 3 is 2.59 bits per heavy atom. The summed E-state index contributed by atoms with van der Waals surface area (Å²) in [5.41, 5.74) is 3.96. The molecule has 166 valence electrons. The van der Waals surface area contributed by atoms with Crippen LogP contribution in [0.15, 0.2) is 83.1 Å². The summed E-state index contributed by atoms with van der Waals surface area (Å²) in [5, 5.41) is 4.11. The monoisotopic (exact) mass is 490 g/mol. The highest BCUT2D eigenvalue weighted by Gasteiger charge is 2.28. The van der Waals surface area contributed by atoms with Gasteiger partial charge in [-0.05, 0) is 36.2 Å². The molecule has 0 spiro atoms. The molecule has 1 amide bonds. The molecule has 0 aliphatic heterocycles. The first kappa shape index (κ1) is 23.9. The Hall–Kier alpha value is -2.78. The van der Waals surface area contributed by atoms with Gasteiger partial charge < -0.3 is 0 Å². The number of nitrogens with one attached hydrogen (secondary N) is 1. The molecule has 1 N–H and O–H groups in total. The summed E-state index contributed by atoms with van der Waals surface area (Å²) in [6.07, 6.45) is 5.02. The molecule has 3 aromatic rings. The van der Waals surface area contributed by atoms with Crippen LogP contribution in [0.4, 0.5) is 0 Å². The molecule has 0 unspecified atom stereocenters. The molecule has 0 saturated heterocycles. The molecule has 0 fully saturated rings. The molecule has 2 aromatic carbocycles. The molecular weight excluding hydrogens is 471 g/mol. The number of benzene rings is 2. The summed E-state index contributed by atoms with van der Waals surface area (Å²) in [5.74, 6) is -0.597. The van der Waals surface area contributed by atoms with Crippen LogP contribution < -0.4 is 5.43 Å². The minimum Gasteiger partial charge on any atom is -0.272 e. The van der Waals surface area contributed by atoms with Crippen molar-refractivity contribution in [2.24, 2.45) is 5.10 Å². The summed E-state index contributed by atoms with van der Waals surface area (Å²) in [6.45, 7) is -0.378. The molecule has 7 nitrogen and oxygen atoms in total. The number of rotatable bonds is 9. The Morgan fingerprint density at radius 2 is 1.88 bits per heavy atom. The number of aromatic nitrogens is 1. The number of hydrazone groups is 1. The maximum absolute atomic E-state index is 13.3. The predicted octanol–water partition coefficient (Wildman–Crippen LogP) is 3.77. The molecule has 10 heteroatoms. The zero-order chi connectivity index (χ0) is 23.0. The van der Waals surface area contributed by atoms with E-state index < -0.39 is 22.5 Å². The zero-order valence-electron chi connectivity index (χ0n) is 16.9. The molecule has 0 atom stereocenters. The van der Waals surface area contributed by atoms with Crippen molar-refractivity contribution in [1.82, 2.24) is 14.7 Å². The van der Waals surface area contributed by atoms with Crippen LogP contribution in [0.25, 0.3) is 0 Å². The van der Waals surface area contributed by atoms with Crippen LogP contribution in [0.5, 0.6) is 0 Å². The van der Waals surface area contributed by atoms with Crippen molar-refractivity contribution in [2.45, 2.75) is 11.3 Å². The third kappa shape index (κ3) is 6.61. The molecule has 0 saturated carbocycles. The number of carbonyl (C=O) groups is 1. The van der Waals surface area contributed by atoms with Crippen molar-refractivity contribution >= 4 is 45.3 Å². The van der Waals surface area contributed by atoms with Crippen molar-refractivity contribution in [3.8, 4) is 0 Å². The van der Waals surface area contributed by atoms with Crippen molar-refractivity contribution in [2.75, 3.05) is 13.1 Å². The van der Waals surface area contributed by atoms with Gasteiger partial charge in [0.2, 0.25) is 10.0 Å². The van der Waals surface area contributed by atoms with Crippen LogP contribution >= 0.6 is 23.2 Å². The standard InChI is InChI=1S/C22H20Cl2N4O3S/c23-19-8-9-20(24)21(13-19)32(30,31)28(12-10-17-5-2-1-3-6-17)16-22(29)27-26-15-18-7-4-11-25-14-18/h1-9,11,13-15H,10,12,16H2,(H,27,29)/b26-15-. The maximum Gasteiger partial charge on any atom is 0.255 e. The summed E-state index contributed by atoms with van der Waals surface area (Å²) >= 11 is 12.1. The van der Waals surface area contributed by atoms with Gasteiger partial charge in [-0.1, -0.05) is 59.6 Å². The number of amides is 1. The van der Waals surface area contributed by atoms with E-state index in [2.05, 4.69) is 15.5 Å². The number of pyridine rings is 1. The number of halogens is 2. The van der Waals surface area contributed by atoms with E-state index in [1.165, 1.54) is 24.4 Å². The van der Waals surface area contributed by atoms with Gasteiger partial charge in [0, 0.05) is 29.5 Å². The number of hydrogen-bond acceptors (Lipinski definition) is 5. The summed E-state index contributed by atoms with van der Waals surface area (Å²) in [6, 6.07) is 17.0. The fourth-order valence-electron chi connectivity index (χ4n) is 2.82. The molecular formula is C22H20Cl2N4O3S. The van der Waals surface area contributed by atoms with Gasteiger partial charge in [0.15, 0.2) is 0 Å². The minimum atomic E-state index is -4.10. The van der Waals surface area contributed by atoms with Gasteiger partial charge in [-0.15, -0.1) is 0 Å². The fraction of sp³-hybridized carbons (Fsp3) is 0.136. The average molecular weight is 491 g/mol. The Kier molecular flexibility index (Phi) is 8.35. The quantitative estimate of drug-likeness (QED) is 0.365. The molecule has 32 heavy (non-hydrogen) atoms. The van der Waals surface area contributed by atoms with E-state index in [4.69, 9.17) is 23.2 Å². The van der Waals surface area contributed by atoms with Gasteiger partial charge in [-0.25, -0.2) is 13.8 Å². The van der Waals surface area contributed by atoms with Gasteiger partial charge in [0.05, 0.1) is 17.8 Å². The highest BCUT2D eigenvalue weighted by molar-refractivity contribution is 7.89. The van der Waals surface area contributed by atoms with E-state index >= 15 is 0 Å². The van der Waals surface area contributed by atoms with Crippen molar-refractivity contribution < 1.29 is 13.2 Å². The third-order valence-corrected chi connectivity index (χ3v) is 6.97. The van der Waals surface area contributed by atoms with Gasteiger partial charge in [-0.3, -0.25) is 9.78 Å². The van der Waals surface area contributed by atoms with Crippen LogP contribution in [0.3, 0.4) is 0 Å². The Bertz CT molecular complexity index is 1190. The van der Waals surface area contributed by atoms with Crippen LogP contribution in [0.2, 0.25) is 10.0 Å². The lowest BCUT2D eigenvalue weighted by Crippen LogP contribution is -2.40. The van der Waals surface area contributed by atoms with Crippen LogP contribution in [0, 0.1) is 0 Å². The molecule has 0 aliphatic rings. The highest BCUT2D eigenvalue weighted by Crippen LogP contribution is 2.27. The van der Waals surface area contributed by atoms with Gasteiger partial charge in [0.1, 0.15) is 4.90 Å². The Balaban J connectivity index is 1.79. The number of carbonyl (C=O) groups excluding carboxylic acids is 1. The summed E-state index contributed by atoms with van der Waals surface area (Å²) < 4.78 is 27.7. The molecule has 1 aromatic heterocycles. The van der Waals surface area contributed by atoms with E-state index in [-0.39, 0.29) is 21.5 Å². The summed E-state index contributed by atoms with van der Waals surface area (Å²) in [7, 11) is -4.10. The Morgan fingerprint density at radius 1 is 1.09 bits per heavy atom. The topological polar surface area (TPSA) is 91.7 Å². The predicted molar refractivity (Wildman–Crippen MR) is 125 cm³/mol. The first-order valence-corrected chi connectivity index (χ1v) is 11.8. The second-order valence-electron chi connectivity index (χ2n) is 6.73. The van der Waals surface area contributed by atoms with Gasteiger partial charge >= 0.3 is 0 Å². The molecule has 0 radical (unpaired) electrons. The molecule has 0 bridgehead atoms. The van der Waals surface area contributed by atoms with E-state index in [0.717, 1.165) is 9.87 Å². The number of nitrogens with zero attached hydrogens (tertiary/aromatic N) is 3. The first-order chi connectivity index (χ1) is 15.4. The average Bonchev–Trinajstić information content (AvgIpc) is 2.79. The maximum atomic E-state index is 13.3. The number of hydrogen-bond donors (Lipinski definition) is 1. The smallest absolute Gasteiger partial charge is 0.255 e. The Labute approximate surface area is 196 Å². The lowest BCUT2D eigenvalue weighted by Gasteiger charge is -2.22. The minimum absolute atomic E-state index is 0.0223. The van der Waals surface area contributed by atoms with Gasteiger partial charge in [-0.2, -0.15) is 9.41 Å². The summed E-state index contributed by atoms with van der Waals surface area (Å²) in [4.78, 5) is 16.3. The fourth-order valence-corrected chi connectivity index (χ4v) is 4.96. The van der Waals surface area contributed by atoms with Gasteiger partial charge in [0.25, 0.3) is 5.91 Å². The molecule has 3 rings (SSSR count). The van der Waals surface area contributed by atoms with Crippen LogP contribution in [-0.2, 0) is 21.2 Å². The first-order valence-electron chi connectivity index (χ1n) is 9.57. The van der Waals surface area contributed by atoms with Crippen molar-refractivity contribution in [3.05, 3.63) is 94.2 Å². The molecule has 1 heterocycles. The second-order valence-corrected chi connectivity index (χ2v) is 9.48. The largest absolute Gasteiger partial charge is 0.272 e. The highest BCUT2D eigenvalue weighted by atomic mass is 35.5. The normalized spacial score (nSPS) is 11.7.